The van der Waals surface area contributed by atoms with E-state index in [1.807, 2.05) is 19.1 Å². The molecule has 0 spiro atoms. The van der Waals surface area contributed by atoms with Gasteiger partial charge in [0, 0.05) is 55.2 Å². The summed E-state index contributed by atoms with van der Waals surface area (Å²) < 4.78 is 39.9. The molecule has 1 aromatic heterocycles. The lowest BCUT2D eigenvalue weighted by molar-refractivity contribution is -0.138. The van der Waals surface area contributed by atoms with Crippen LogP contribution in [0.2, 0.25) is 0 Å². The molecule has 0 aliphatic carbocycles. The molecule has 4 nitrogen and oxygen atoms in total. The molecule has 0 amide bonds. The summed E-state index contributed by atoms with van der Waals surface area (Å²) in [7, 11) is 0. The van der Waals surface area contributed by atoms with Gasteiger partial charge in [0.1, 0.15) is 0 Å². The number of rotatable bonds is 4. The van der Waals surface area contributed by atoms with Crippen LogP contribution in [0.15, 0.2) is 48.7 Å². The molecule has 1 aliphatic heterocycles. The van der Waals surface area contributed by atoms with E-state index in [1.165, 1.54) is 13.0 Å². The van der Waals surface area contributed by atoms with Crippen LogP contribution in [0.4, 0.5) is 24.5 Å². The van der Waals surface area contributed by atoms with E-state index < -0.39 is 11.7 Å². The number of hydrogen-bond acceptors (Lipinski definition) is 4. The van der Waals surface area contributed by atoms with Crippen LogP contribution >= 0.6 is 0 Å². The van der Waals surface area contributed by atoms with Gasteiger partial charge < -0.3 is 15.5 Å². The van der Waals surface area contributed by atoms with E-state index in [-0.39, 0.29) is 11.6 Å². The van der Waals surface area contributed by atoms with Crippen molar-refractivity contribution in [2.75, 3.05) is 36.4 Å². The molecule has 0 radical (unpaired) electrons. The maximum atomic E-state index is 13.3. The van der Waals surface area contributed by atoms with E-state index >= 15 is 0 Å². The molecule has 0 unspecified atom stereocenters. The molecule has 30 heavy (non-hydrogen) atoms. The number of aromatic nitrogens is 1. The predicted molar refractivity (Wildman–Crippen MR) is 115 cm³/mol. The molecule has 7 heteroatoms. The number of fused-ring (bicyclic) bond motifs is 1. The Hall–Kier alpha value is -2.80. The molecular formula is C23H25F3N4. The monoisotopic (exact) mass is 414 g/mol. The van der Waals surface area contributed by atoms with Crippen molar-refractivity contribution in [3.05, 3.63) is 65.4 Å². The second-order valence-electron chi connectivity index (χ2n) is 7.68. The number of nitrogens with one attached hydrogen (secondary N) is 2. The first-order chi connectivity index (χ1) is 14.3. The first-order valence-corrected chi connectivity index (χ1v) is 10.1. The Morgan fingerprint density at radius 3 is 2.60 bits per heavy atom. The second kappa shape index (κ2) is 8.14. The maximum absolute atomic E-state index is 13.3. The van der Waals surface area contributed by atoms with Gasteiger partial charge >= 0.3 is 6.18 Å². The topological polar surface area (TPSA) is 40.2 Å². The first-order valence-electron chi connectivity index (χ1n) is 10.1. The minimum absolute atomic E-state index is 0.255. The standard InChI is InChI=1S/C23H25F3N4/c1-15-18(4-3-5-20(15)23(24,25)26)16(2)29-22-8-9-28-21-7-6-17(14-19(21)22)30-12-10-27-11-13-30/h3-9,14,16,27H,10-13H2,1-2H3,(H,28,29)/t16-/m1/s1. The van der Waals surface area contributed by atoms with Gasteiger partial charge in [-0.1, -0.05) is 12.1 Å². The molecule has 1 fully saturated rings. The number of benzene rings is 2. The molecule has 1 saturated heterocycles. The lowest BCUT2D eigenvalue weighted by Crippen LogP contribution is -2.43. The van der Waals surface area contributed by atoms with Crippen LogP contribution in [0, 0.1) is 6.92 Å². The smallest absolute Gasteiger partial charge is 0.378 e. The van der Waals surface area contributed by atoms with E-state index in [4.69, 9.17) is 0 Å². The number of hydrogen-bond donors (Lipinski definition) is 2. The third-order valence-electron chi connectivity index (χ3n) is 5.73. The SMILES string of the molecule is Cc1c([C@@H](C)Nc2ccnc3ccc(N4CCNCC4)cc23)cccc1C(F)(F)F. The molecule has 2 N–H and O–H groups in total. The molecule has 2 heterocycles. The van der Waals surface area contributed by atoms with E-state index in [0.717, 1.165) is 54.5 Å². The summed E-state index contributed by atoms with van der Waals surface area (Å²) >= 11 is 0. The minimum atomic E-state index is -4.36. The fourth-order valence-corrected chi connectivity index (χ4v) is 4.12. The summed E-state index contributed by atoms with van der Waals surface area (Å²) in [5.41, 5.74) is 3.14. The number of alkyl halides is 3. The van der Waals surface area contributed by atoms with Gasteiger partial charge in [0.15, 0.2) is 0 Å². The summed E-state index contributed by atoms with van der Waals surface area (Å²) in [5, 5.41) is 7.73. The van der Waals surface area contributed by atoms with E-state index in [1.54, 1.807) is 12.3 Å². The van der Waals surface area contributed by atoms with Crippen molar-refractivity contribution in [2.24, 2.45) is 0 Å². The maximum Gasteiger partial charge on any atom is 0.416 e. The van der Waals surface area contributed by atoms with Crippen LogP contribution < -0.4 is 15.5 Å². The summed E-state index contributed by atoms with van der Waals surface area (Å²) in [6, 6.07) is 12.1. The molecule has 0 bridgehead atoms. The Balaban J connectivity index is 1.67. The number of anilines is 2. The zero-order valence-electron chi connectivity index (χ0n) is 17.1. The minimum Gasteiger partial charge on any atom is -0.378 e. The van der Waals surface area contributed by atoms with Crippen LogP contribution in [-0.4, -0.2) is 31.2 Å². The number of halogens is 3. The van der Waals surface area contributed by atoms with Crippen molar-refractivity contribution in [1.82, 2.24) is 10.3 Å². The van der Waals surface area contributed by atoms with Gasteiger partial charge in [0.25, 0.3) is 0 Å². The summed E-state index contributed by atoms with van der Waals surface area (Å²) in [4.78, 5) is 6.78. The summed E-state index contributed by atoms with van der Waals surface area (Å²) in [6.45, 7) is 7.19. The summed E-state index contributed by atoms with van der Waals surface area (Å²) in [6.07, 6.45) is -2.64. The Kier molecular flexibility index (Phi) is 5.56. The van der Waals surface area contributed by atoms with Crippen LogP contribution in [0.25, 0.3) is 10.9 Å². The Labute approximate surface area is 174 Å². The van der Waals surface area contributed by atoms with Crippen LogP contribution in [-0.2, 0) is 6.18 Å². The Morgan fingerprint density at radius 2 is 1.87 bits per heavy atom. The summed E-state index contributed by atoms with van der Waals surface area (Å²) in [5.74, 6) is 0. The zero-order valence-corrected chi connectivity index (χ0v) is 17.1. The third kappa shape index (κ3) is 4.07. The van der Waals surface area contributed by atoms with Crippen molar-refractivity contribution in [3.8, 4) is 0 Å². The molecular weight excluding hydrogens is 389 g/mol. The Bertz CT molecular complexity index is 1040. The lowest BCUT2D eigenvalue weighted by atomic mass is 9.97. The molecule has 2 aromatic carbocycles. The van der Waals surface area contributed by atoms with E-state index in [9.17, 15) is 13.2 Å². The fraction of sp³-hybridized carbons (Fsp3) is 0.348. The van der Waals surface area contributed by atoms with Crippen LogP contribution in [0.1, 0.15) is 29.7 Å². The highest BCUT2D eigenvalue weighted by Crippen LogP contribution is 2.36. The Morgan fingerprint density at radius 1 is 1.10 bits per heavy atom. The number of pyridine rings is 1. The number of nitrogens with zero attached hydrogens (tertiary/aromatic N) is 2. The average molecular weight is 414 g/mol. The van der Waals surface area contributed by atoms with Gasteiger partial charge in [-0.25, -0.2) is 0 Å². The van der Waals surface area contributed by atoms with Gasteiger partial charge in [0.2, 0.25) is 0 Å². The van der Waals surface area contributed by atoms with Crippen molar-refractivity contribution in [3.63, 3.8) is 0 Å². The van der Waals surface area contributed by atoms with Gasteiger partial charge in [-0.05, 0) is 55.3 Å². The van der Waals surface area contributed by atoms with Gasteiger partial charge in [-0.2, -0.15) is 13.2 Å². The van der Waals surface area contributed by atoms with Crippen LogP contribution in [0.5, 0.6) is 0 Å². The molecule has 1 aliphatic rings. The van der Waals surface area contributed by atoms with E-state index in [0.29, 0.717) is 5.56 Å². The quantitative estimate of drug-likeness (QED) is 0.620. The lowest BCUT2D eigenvalue weighted by Gasteiger charge is -2.29. The van der Waals surface area contributed by atoms with Gasteiger partial charge in [0.05, 0.1) is 11.1 Å². The molecule has 158 valence electrons. The largest absolute Gasteiger partial charge is 0.416 e. The average Bonchev–Trinajstić information content (AvgIpc) is 2.73. The van der Waals surface area contributed by atoms with Crippen molar-refractivity contribution in [1.29, 1.82) is 0 Å². The van der Waals surface area contributed by atoms with Gasteiger partial charge in [-0.15, -0.1) is 0 Å². The molecule has 3 aromatic rings. The van der Waals surface area contributed by atoms with Crippen LogP contribution in [0.3, 0.4) is 0 Å². The van der Waals surface area contributed by atoms with Gasteiger partial charge in [-0.3, -0.25) is 4.98 Å². The molecule has 1 atom stereocenters. The zero-order chi connectivity index (χ0) is 21.3. The normalized spacial score (nSPS) is 16.0. The second-order valence-corrected chi connectivity index (χ2v) is 7.68. The fourth-order valence-electron chi connectivity index (χ4n) is 4.12. The first kappa shape index (κ1) is 20.5. The predicted octanol–water partition coefficient (Wildman–Crippen LogP) is 5.14. The highest BCUT2D eigenvalue weighted by Gasteiger charge is 2.33. The molecule has 4 rings (SSSR count). The van der Waals surface area contributed by atoms with Crippen molar-refractivity contribution in [2.45, 2.75) is 26.1 Å². The van der Waals surface area contributed by atoms with E-state index in [2.05, 4.69) is 32.7 Å². The third-order valence-corrected chi connectivity index (χ3v) is 5.73. The highest BCUT2D eigenvalue weighted by molar-refractivity contribution is 5.93. The van der Waals surface area contributed by atoms with Crippen molar-refractivity contribution < 1.29 is 13.2 Å². The van der Waals surface area contributed by atoms with Crippen molar-refractivity contribution >= 4 is 22.3 Å². The number of piperazine rings is 1. The highest BCUT2D eigenvalue weighted by atomic mass is 19.4. The molecule has 0 saturated carbocycles.